The lowest BCUT2D eigenvalue weighted by Gasteiger charge is -2.31. The van der Waals surface area contributed by atoms with Gasteiger partial charge in [-0.05, 0) is 50.8 Å². The Kier molecular flexibility index (Phi) is 7.12. The maximum atomic E-state index is 12.9. The average Bonchev–Trinajstić information content (AvgIpc) is 3.11. The Balaban J connectivity index is 1.23. The number of carbonyl (C=O) groups excluding carboxylic acids is 4. The van der Waals surface area contributed by atoms with Gasteiger partial charge in [0.25, 0.3) is 5.91 Å². The number of rotatable bonds is 8. The predicted molar refractivity (Wildman–Crippen MR) is 120 cm³/mol. The van der Waals surface area contributed by atoms with Gasteiger partial charge in [-0.2, -0.15) is 0 Å². The van der Waals surface area contributed by atoms with Crippen molar-refractivity contribution in [2.45, 2.75) is 57.2 Å². The first-order valence-electron chi connectivity index (χ1n) is 11.6. The molecule has 10 heteroatoms. The topological polar surface area (TPSA) is 134 Å². The highest BCUT2D eigenvalue weighted by molar-refractivity contribution is 6.06. The van der Waals surface area contributed by atoms with E-state index in [1.54, 1.807) is 11.0 Å². The molecule has 2 fully saturated rings. The van der Waals surface area contributed by atoms with E-state index in [0.717, 1.165) is 63.1 Å². The molecule has 4 N–H and O–H groups in total. The highest BCUT2D eigenvalue weighted by Gasteiger charge is 2.39. The summed E-state index contributed by atoms with van der Waals surface area (Å²) in [5.41, 5.74) is 7.52. The van der Waals surface area contributed by atoms with Crippen LogP contribution in [0.25, 0.3) is 0 Å². The van der Waals surface area contributed by atoms with Gasteiger partial charge >= 0.3 is 6.09 Å². The molecule has 2 saturated heterocycles. The Labute approximate surface area is 192 Å². The summed E-state index contributed by atoms with van der Waals surface area (Å²) in [5.74, 6) is -0.842. The van der Waals surface area contributed by atoms with E-state index in [-0.39, 0.29) is 24.3 Å². The second kappa shape index (κ2) is 10.2. The minimum atomic E-state index is -0.700. The molecule has 1 aromatic carbocycles. The minimum absolute atomic E-state index is 0.0666. The maximum Gasteiger partial charge on any atom is 0.404 e. The van der Waals surface area contributed by atoms with Crippen molar-refractivity contribution in [3.63, 3.8) is 0 Å². The molecule has 0 aliphatic carbocycles. The SMILES string of the molecule is NC(=O)OC1CCN(CCCCNc2cccc3c2CN(C2CCC(=O)NC2=O)C3=O)CC1. The molecule has 3 aliphatic rings. The number of primary amides is 1. The minimum Gasteiger partial charge on any atom is -0.446 e. The number of fused-ring (bicyclic) bond motifs is 1. The van der Waals surface area contributed by atoms with Crippen LogP contribution in [0, 0.1) is 0 Å². The summed E-state index contributed by atoms with van der Waals surface area (Å²) in [6.07, 6.45) is 3.48. The molecule has 4 amide bonds. The zero-order valence-electron chi connectivity index (χ0n) is 18.7. The predicted octanol–water partition coefficient (Wildman–Crippen LogP) is 1.20. The van der Waals surface area contributed by atoms with Crippen molar-refractivity contribution in [2.75, 3.05) is 31.5 Å². The summed E-state index contributed by atoms with van der Waals surface area (Å²) in [6, 6.07) is 5.00. The molecular formula is C23H31N5O5. The van der Waals surface area contributed by atoms with Crippen LogP contribution in [-0.4, -0.2) is 71.9 Å². The van der Waals surface area contributed by atoms with E-state index in [0.29, 0.717) is 18.5 Å². The van der Waals surface area contributed by atoms with Crippen molar-refractivity contribution in [3.8, 4) is 0 Å². The van der Waals surface area contributed by atoms with Gasteiger partial charge in [0, 0.05) is 49.4 Å². The number of hydrogen-bond donors (Lipinski definition) is 3. The molecule has 1 aromatic rings. The second-order valence-corrected chi connectivity index (χ2v) is 8.84. The maximum absolute atomic E-state index is 12.9. The first-order valence-corrected chi connectivity index (χ1v) is 11.6. The number of hydrogen-bond acceptors (Lipinski definition) is 7. The van der Waals surface area contributed by atoms with Crippen molar-refractivity contribution in [1.29, 1.82) is 0 Å². The largest absolute Gasteiger partial charge is 0.446 e. The Morgan fingerprint density at radius 3 is 2.67 bits per heavy atom. The molecule has 0 radical (unpaired) electrons. The van der Waals surface area contributed by atoms with Crippen LogP contribution in [-0.2, 0) is 20.9 Å². The fraction of sp³-hybridized carbons (Fsp3) is 0.565. The van der Waals surface area contributed by atoms with Gasteiger partial charge in [-0.25, -0.2) is 4.79 Å². The Morgan fingerprint density at radius 1 is 1.15 bits per heavy atom. The summed E-state index contributed by atoms with van der Waals surface area (Å²) < 4.78 is 5.07. The molecule has 0 saturated carbocycles. The number of carbonyl (C=O) groups is 4. The van der Waals surface area contributed by atoms with E-state index >= 15 is 0 Å². The molecule has 178 valence electrons. The van der Waals surface area contributed by atoms with Crippen LogP contribution in [0.1, 0.15) is 54.4 Å². The third kappa shape index (κ3) is 5.44. The zero-order chi connectivity index (χ0) is 23.4. The van der Waals surface area contributed by atoms with Crippen LogP contribution in [0.3, 0.4) is 0 Å². The first kappa shape index (κ1) is 23.0. The summed E-state index contributed by atoms with van der Waals surface area (Å²) in [7, 11) is 0. The number of imide groups is 1. The molecule has 1 unspecified atom stereocenters. The molecule has 3 heterocycles. The Hall–Kier alpha value is -3.14. The number of anilines is 1. The fourth-order valence-electron chi connectivity index (χ4n) is 4.85. The van der Waals surface area contributed by atoms with Crippen LogP contribution in [0.15, 0.2) is 18.2 Å². The first-order chi connectivity index (χ1) is 15.9. The molecule has 10 nitrogen and oxygen atoms in total. The van der Waals surface area contributed by atoms with Gasteiger partial charge in [0.1, 0.15) is 12.1 Å². The molecule has 0 aromatic heterocycles. The summed E-state index contributed by atoms with van der Waals surface area (Å²) in [4.78, 5) is 51.4. The average molecular weight is 458 g/mol. The van der Waals surface area contributed by atoms with Crippen LogP contribution < -0.4 is 16.4 Å². The number of ether oxygens (including phenoxy) is 1. The number of likely N-dealkylation sites (tertiary alicyclic amines) is 1. The zero-order valence-corrected chi connectivity index (χ0v) is 18.7. The standard InChI is InChI=1S/C23H31N5O5/c24-23(32)33-15-8-12-27(13-9-15)11-2-1-10-25-18-5-3-4-16-17(18)14-28(22(16)31)19-6-7-20(29)26-21(19)30/h3-5,15,19,25H,1-2,6-14H2,(H2,24,32)(H,26,29,30). The number of nitrogens with two attached hydrogens (primary N) is 1. The van der Waals surface area contributed by atoms with Gasteiger partial charge in [-0.15, -0.1) is 0 Å². The van der Waals surface area contributed by atoms with Crippen molar-refractivity contribution in [1.82, 2.24) is 15.1 Å². The molecule has 4 rings (SSSR count). The lowest BCUT2D eigenvalue weighted by molar-refractivity contribution is -0.136. The van der Waals surface area contributed by atoms with Gasteiger partial charge in [0.15, 0.2) is 0 Å². The number of amides is 4. The number of nitrogens with zero attached hydrogens (tertiary/aromatic N) is 2. The highest BCUT2D eigenvalue weighted by Crippen LogP contribution is 2.32. The third-order valence-electron chi connectivity index (χ3n) is 6.62. The van der Waals surface area contributed by atoms with Gasteiger partial charge in [-0.1, -0.05) is 6.07 Å². The van der Waals surface area contributed by atoms with E-state index in [4.69, 9.17) is 10.5 Å². The van der Waals surface area contributed by atoms with Crippen LogP contribution in [0.5, 0.6) is 0 Å². The monoisotopic (exact) mass is 457 g/mol. The fourth-order valence-corrected chi connectivity index (χ4v) is 4.85. The summed E-state index contributed by atoms with van der Waals surface area (Å²) in [6.45, 7) is 3.93. The van der Waals surface area contributed by atoms with Gasteiger partial charge in [0.05, 0.1) is 0 Å². The van der Waals surface area contributed by atoms with E-state index in [2.05, 4.69) is 15.5 Å². The van der Waals surface area contributed by atoms with Crippen LogP contribution in [0.4, 0.5) is 10.5 Å². The van der Waals surface area contributed by atoms with E-state index < -0.39 is 18.0 Å². The number of benzene rings is 1. The Bertz CT molecular complexity index is 928. The summed E-state index contributed by atoms with van der Waals surface area (Å²) >= 11 is 0. The third-order valence-corrected chi connectivity index (χ3v) is 6.62. The molecule has 1 atom stereocenters. The molecule has 3 aliphatic heterocycles. The van der Waals surface area contributed by atoms with Gasteiger partial charge < -0.3 is 25.6 Å². The number of unbranched alkanes of at least 4 members (excludes halogenated alkanes) is 1. The quantitative estimate of drug-likeness (QED) is 0.394. The van der Waals surface area contributed by atoms with Crippen LogP contribution >= 0.6 is 0 Å². The van der Waals surface area contributed by atoms with Crippen LogP contribution in [0.2, 0.25) is 0 Å². The van der Waals surface area contributed by atoms with E-state index in [1.807, 2.05) is 12.1 Å². The second-order valence-electron chi connectivity index (χ2n) is 8.84. The van der Waals surface area contributed by atoms with Gasteiger partial charge in [-0.3, -0.25) is 19.7 Å². The molecule has 0 spiro atoms. The molecule has 33 heavy (non-hydrogen) atoms. The van der Waals surface area contributed by atoms with E-state index in [9.17, 15) is 19.2 Å². The molecule has 0 bridgehead atoms. The lowest BCUT2D eigenvalue weighted by atomic mass is 10.0. The highest BCUT2D eigenvalue weighted by atomic mass is 16.6. The van der Waals surface area contributed by atoms with Crippen molar-refractivity contribution >= 4 is 29.5 Å². The smallest absolute Gasteiger partial charge is 0.404 e. The number of nitrogens with one attached hydrogen (secondary N) is 2. The number of piperidine rings is 2. The van der Waals surface area contributed by atoms with Crippen molar-refractivity contribution < 1.29 is 23.9 Å². The van der Waals surface area contributed by atoms with Crippen molar-refractivity contribution in [2.24, 2.45) is 5.73 Å². The van der Waals surface area contributed by atoms with Crippen molar-refractivity contribution in [3.05, 3.63) is 29.3 Å². The van der Waals surface area contributed by atoms with Gasteiger partial charge in [0.2, 0.25) is 11.8 Å². The van der Waals surface area contributed by atoms with E-state index in [1.165, 1.54) is 0 Å². The lowest BCUT2D eigenvalue weighted by Crippen LogP contribution is -2.52. The normalized spacial score (nSPS) is 21.6. The molecular weight excluding hydrogens is 426 g/mol. The summed E-state index contributed by atoms with van der Waals surface area (Å²) in [5, 5.41) is 5.79. The Morgan fingerprint density at radius 2 is 1.94 bits per heavy atom.